The van der Waals surface area contributed by atoms with Crippen LogP contribution in [0.25, 0.3) is 10.9 Å². The monoisotopic (exact) mass is 391 g/mol. The summed E-state index contributed by atoms with van der Waals surface area (Å²) in [5.74, 6) is 1.74. The highest BCUT2D eigenvalue weighted by molar-refractivity contribution is 5.88. The zero-order valence-electron chi connectivity index (χ0n) is 17.7. The van der Waals surface area contributed by atoms with Crippen LogP contribution in [0, 0.1) is 20.8 Å². The van der Waals surface area contributed by atoms with Crippen molar-refractivity contribution in [3.05, 3.63) is 53.0 Å². The lowest BCUT2D eigenvalue weighted by Crippen LogP contribution is -2.52. The predicted octanol–water partition coefficient (Wildman–Crippen LogP) is 2.78. The number of benzene rings is 1. The minimum Gasteiger partial charge on any atom is -0.358 e. The van der Waals surface area contributed by atoms with Gasteiger partial charge in [0.05, 0.1) is 5.52 Å². The van der Waals surface area contributed by atoms with E-state index in [1.807, 2.05) is 13.1 Å². The summed E-state index contributed by atoms with van der Waals surface area (Å²) in [5.41, 5.74) is 6.33. The van der Waals surface area contributed by atoms with E-state index in [2.05, 4.69) is 68.0 Å². The van der Waals surface area contributed by atoms with E-state index in [1.54, 1.807) is 12.4 Å². The van der Waals surface area contributed by atoms with Crippen LogP contribution in [0.2, 0.25) is 0 Å². The number of nitrogens with one attached hydrogen (secondary N) is 2. The predicted molar refractivity (Wildman–Crippen MR) is 119 cm³/mol. The molecule has 0 amide bonds. The highest BCUT2D eigenvalue weighted by Crippen LogP contribution is 2.26. The molecule has 0 bridgehead atoms. The summed E-state index contributed by atoms with van der Waals surface area (Å²) in [6.45, 7) is 10.8. The minimum atomic E-state index is 0.742. The fraction of sp³-hybridized carbons (Fsp3) is 0.409. The van der Waals surface area contributed by atoms with Gasteiger partial charge in [-0.1, -0.05) is 11.6 Å². The molecule has 3 aromatic rings. The molecule has 7 heteroatoms. The molecule has 0 aliphatic carbocycles. The molecule has 0 unspecified atom stereocenters. The maximum atomic E-state index is 4.52. The number of aryl methyl sites for hydroxylation is 3. The first-order valence-electron chi connectivity index (χ1n) is 10.1. The van der Waals surface area contributed by atoms with Crippen molar-refractivity contribution in [1.29, 1.82) is 0 Å². The number of guanidine groups is 1. The number of fused-ring (bicyclic) bond motifs is 1. The van der Waals surface area contributed by atoms with E-state index < -0.39 is 0 Å². The van der Waals surface area contributed by atoms with Crippen molar-refractivity contribution in [3.8, 4) is 0 Å². The summed E-state index contributed by atoms with van der Waals surface area (Å²) in [6, 6.07) is 6.36. The lowest BCUT2D eigenvalue weighted by atomic mass is 10.0. The lowest BCUT2D eigenvalue weighted by Gasteiger charge is -2.36. The second kappa shape index (κ2) is 8.11. The third-order valence-corrected chi connectivity index (χ3v) is 5.71. The molecule has 1 fully saturated rings. The lowest BCUT2D eigenvalue weighted by molar-refractivity contribution is 0.370. The van der Waals surface area contributed by atoms with Gasteiger partial charge in [-0.25, -0.2) is 9.97 Å². The average Bonchev–Trinajstić information content (AvgIpc) is 3.03. The van der Waals surface area contributed by atoms with Crippen LogP contribution in [0.4, 0.5) is 5.95 Å². The van der Waals surface area contributed by atoms with Crippen molar-refractivity contribution in [1.82, 2.24) is 25.2 Å². The highest BCUT2D eigenvalue weighted by Gasteiger charge is 2.21. The molecule has 2 aromatic heterocycles. The number of anilines is 1. The molecule has 3 heterocycles. The molecule has 152 valence electrons. The van der Waals surface area contributed by atoms with Crippen molar-refractivity contribution in [3.63, 3.8) is 0 Å². The Morgan fingerprint density at radius 3 is 2.52 bits per heavy atom. The first-order valence-corrected chi connectivity index (χ1v) is 10.1. The fourth-order valence-corrected chi connectivity index (χ4v) is 4.01. The molecule has 0 spiro atoms. The van der Waals surface area contributed by atoms with Crippen LogP contribution in [0.15, 0.2) is 35.6 Å². The van der Waals surface area contributed by atoms with E-state index in [9.17, 15) is 0 Å². The van der Waals surface area contributed by atoms with Gasteiger partial charge < -0.3 is 20.1 Å². The van der Waals surface area contributed by atoms with Gasteiger partial charge in [0, 0.05) is 63.2 Å². The molecule has 1 saturated heterocycles. The third-order valence-electron chi connectivity index (χ3n) is 5.71. The van der Waals surface area contributed by atoms with Gasteiger partial charge in [-0.2, -0.15) is 0 Å². The zero-order chi connectivity index (χ0) is 20.4. The van der Waals surface area contributed by atoms with Crippen LogP contribution in [0.3, 0.4) is 0 Å². The number of nitrogens with zero attached hydrogens (tertiary/aromatic N) is 5. The molecule has 0 radical (unpaired) electrons. The van der Waals surface area contributed by atoms with E-state index in [0.29, 0.717) is 0 Å². The Bertz CT molecular complexity index is 1010. The Kier molecular flexibility index (Phi) is 5.38. The van der Waals surface area contributed by atoms with Crippen LogP contribution in [-0.4, -0.2) is 59.0 Å². The van der Waals surface area contributed by atoms with E-state index >= 15 is 0 Å². The van der Waals surface area contributed by atoms with Crippen molar-refractivity contribution in [2.24, 2.45) is 4.99 Å². The Labute approximate surface area is 171 Å². The molecular weight excluding hydrogens is 362 g/mol. The van der Waals surface area contributed by atoms with Gasteiger partial charge in [-0.3, -0.25) is 4.99 Å². The Balaban J connectivity index is 1.43. The highest BCUT2D eigenvalue weighted by atomic mass is 15.4. The fourth-order valence-electron chi connectivity index (χ4n) is 4.01. The quantitative estimate of drug-likeness (QED) is 0.531. The molecule has 1 aliphatic rings. The number of piperazine rings is 1. The number of hydrogen-bond donors (Lipinski definition) is 2. The summed E-state index contributed by atoms with van der Waals surface area (Å²) >= 11 is 0. The Hall–Kier alpha value is -3.09. The van der Waals surface area contributed by atoms with Gasteiger partial charge in [0.2, 0.25) is 5.95 Å². The first kappa shape index (κ1) is 19.2. The number of aliphatic imine (C=N–C) groups is 1. The molecule has 0 atom stereocenters. The normalized spacial score (nSPS) is 15.2. The molecule has 4 rings (SSSR count). The van der Waals surface area contributed by atoms with Crippen LogP contribution >= 0.6 is 0 Å². The van der Waals surface area contributed by atoms with Crippen molar-refractivity contribution in [2.75, 3.05) is 38.1 Å². The number of H-pyrrole nitrogens is 1. The zero-order valence-corrected chi connectivity index (χ0v) is 17.7. The van der Waals surface area contributed by atoms with Gasteiger partial charge in [-0.05, 0) is 44.0 Å². The van der Waals surface area contributed by atoms with Crippen molar-refractivity contribution >= 4 is 22.8 Å². The standard InChI is InChI=1S/C22H29N7/c1-15-12-18(20-19(13-15)16(2)17(3)27-20)14-26-21(23-4)28-8-10-29(11-9-28)22-24-6-5-7-25-22/h5-7,12-13,27H,8-11,14H2,1-4H3,(H,23,26). The summed E-state index contributed by atoms with van der Waals surface area (Å²) in [5, 5.41) is 4.88. The molecule has 1 aliphatic heterocycles. The largest absolute Gasteiger partial charge is 0.358 e. The molecule has 0 saturated carbocycles. The number of hydrogen-bond acceptors (Lipinski definition) is 4. The number of rotatable bonds is 3. The Morgan fingerprint density at radius 1 is 1.10 bits per heavy atom. The van der Waals surface area contributed by atoms with Crippen LogP contribution in [0.5, 0.6) is 0 Å². The maximum Gasteiger partial charge on any atom is 0.225 e. The summed E-state index contributed by atoms with van der Waals surface area (Å²) in [4.78, 5) is 21.3. The van der Waals surface area contributed by atoms with E-state index in [0.717, 1.165) is 44.6 Å². The molecule has 29 heavy (non-hydrogen) atoms. The second-order valence-corrected chi connectivity index (χ2v) is 7.65. The number of aromatic amines is 1. The SMILES string of the molecule is CN=C(NCc1cc(C)cc2c(C)c(C)[nH]c12)N1CCN(c2ncccn2)CC1. The second-order valence-electron chi connectivity index (χ2n) is 7.65. The smallest absolute Gasteiger partial charge is 0.225 e. The van der Waals surface area contributed by atoms with Crippen LogP contribution in [0.1, 0.15) is 22.4 Å². The summed E-state index contributed by atoms with van der Waals surface area (Å²) < 4.78 is 0. The third kappa shape index (κ3) is 3.90. The molecular formula is C22H29N7. The van der Waals surface area contributed by atoms with Crippen molar-refractivity contribution < 1.29 is 0 Å². The first-order chi connectivity index (χ1) is 14.1. The average molecular weight is 392 g/mol. The van der Waals surface area contributed by atoms with Gasteiger partial charge in [0.25, 0.3) is 0 Å². The summed E-state index contributed by atoms with van der Waals surface area (Å²) in [7, 11) is 1.85. The van der Waals surface area contributed by atoms with Crippen molar-refractivity contribution in [2.45, 2.75) is 27.3 Å². The topological polar surface area (TPSA) is 72.4 Å². The van der Waals surface area contributed by atoms with E-state index in [4.69, 9.17) is 0 Å². The van der Waals surface area contributed by atoms with Gasteiger partial charge >= 0.3 is 0 Å². The van der Waals surface area contributed by atoms with E-state index in [1.165, 1.54) is 33.3 Å². The maximum absolute atomic E-state index is 4.52. The molecule has 7 nitrogen and oxygen atoms in total. The van der Waals surface area contributed by atoms with Gasteiger partial charge in [0.15, 0.2) is 5.96 Å². The Morgan fingerprint density at radius 2 is 1.83 bits per heavy atom. The number of aromatic nitrogens is 3. The summed E-state index contributed by atoms with van der Waals surface area (Å²) in [6.07, 6.45) is 3.59. The van der Waals surface area contributed by atoms with Gasteiger partial charge in [0.1, 0.15) is 0 Å². The molecule has 2 N–H and O–H groups in total. The van der Waals surface area contributed by atoms with Crippen LogP contribution in [-0.2, 0) is 6.54 Å². The van der Waals surface area contributed by atoms with E-state index in [-0.39, 0.29) is 0 Å². The minimum absolute atomic E-state index is 0.742. The molecule has 1 aromatic carbocycles. The van der Waals surface area contributed by atoms with Gasteiger partial charge in [-0.15, -0.1) is 0 Å². The van der Waals surface area contributed by atoms with Crippen LogP contribution < -0.4 is 10.2 Å².